The minimum atomic E-state index is -0.666. The maximum absolute atomic E-state index is 13.7. The lowest BCUT2D eigenvalue weighted by Crippen LogP contribution is -2.46. The molecule has 0 amide bonds. The van der Waals surface area contributed by atoms with Crippen LogP contribution >= 0.6 is 0 Å². The molecule has 1 N–H and O–H groups in total. The van der Waals surface area contributed by atoms with Crippen LogP contribution in [0.5, 0.6) is 5.75 Å². The van der Waals surface area contributed by atoms with Crippen LogP contribution in [-0.2, 0) is 16.9 Å². The van der Waals surface area contributed by atoms with Crippen LogP contribution in [0, 0.1) is 11.7 Å². The summed E-state index contributed by atoms with van der Waals surface area (Å²) in [5.41, 5.74) is 3.02. The smallest absolute Gasteiger partial charge is 0.350 e. The molecule has 0 saturated carbocycles. The van der Waals surface area contributed by atoms with Crippen molar-refractivity contribution in [2.75, 3.05) is 49.2 Å². The van der Waals surface area contributed by atoms with Gasteiger partial charge in [-0.1, -0.05) is 19.1 Å². The van der Waals surface area contributed by atoms with Crippen LogP contribution in [0.4, 0.5) is 15.8 Å². The lowest BCUT2D eigenvalue weighted by atomic mass is 9.87. The fourth-order valence-electron chi connectivity index (χ4n) is 7.15. The number of rotatable bonds is 12. The van der Waals surface area contributed by atoms with E-state index in [0.29, 0.717) is 26.2 Å². The molecule has 12 nitrogen and oxygen atoms in total. The molecule has 2 aromatic heterocycles. The molecular formula is C37H43FN8O4. The SMILES string of the molecule is CC[C@@H]([C@H](C)O)n1ncn(-c2ccc(N3CCN(c4ccc(OC[C@@H]5CO[C@@](Cn6cncn6)(c6ccc(F)cc6)C5)cc4)CC3)cc2)c1=O. The van der Waals surface area contributed by atoms with Crippen molar-refractivity contribution in [3.8, 4) is 11.4 Å². The number of benzene rings is 3. The Hall–Kier alpha value is -5.01. The highest BCUT2D eigenvalue weighted by atomic mass is 19.1. The Labute approximate surface area is 290 Å². The molecule has 0 aliphatic carbocycles. The zero-order valence-corrected chi connectivity index (χ0v) is 28.4. The summed E-state index contributed by atoms with van der Waals surface area (Å²) in [5.74, 6) is 0.690. The van der Waals surface area contributed by atoms with Crippen molar-refractivity contribution in [3.05, 3.63) is 114 Å². The van der Waals surface area contributed by atoms with E-state index in [1.54, 1.807) is 30.1 Å². The summed E-state index contributed by atoms with van der Waals surface area (Å²) in [4.78, 5) is 21.8. The number of hydrogen-bond acceptors (Lipinski definition) is 9. The summed E-state index contributed by atoms with van der Waals surface area (Å²) in [6, 6.07) is 22.4. The third-order valence-corrected chi connectivity index (χ3v) is 9.91. The minimum Gasteiger partial charge on any atom is -0.493 e. The van der Waals surface area contributed by atoms with E-state index < -0.39 is 11.7 Å². The topological polar surface area (TPSA) is 116 Å². The monoisotopic (exact) mass is 682 g/mol. The van der Waals surface area contributed by atoms with Gasteiger partial charge in [0.25, 0.3) is 0 Å². The van der Waals surface area contributed by atoms with E-state index in [2.05, 4.69) is 37.1 Å². The number of piperazine rings is 1. The largest absolute Gasteiger partial charge is 0.493 e. The predicted octanol–water partition coefficient (Wildman–Crippen LogP) is 4.43. The van der Waals surface area contributed by atoms with Gasteiger partial charge in [0.1, 0.15) is 36.1 Å². The Morgan fingerprint density at radius 1 is 0.920 bits per heavy atom. The molecule has 7 rings (SSSR count). The molecule has 13 heteroatoms. The van der Waals surface area contributed by atoms with Crippen molar-refractivity contribution in [1.82, 2.24) is 29.1 Å². The van der Waals surface area contributed by atoms with Gasteiger partial charge in [0.15, 0.2) is 0 Å². The first-order valence-electron chi connectivity index (χ1n) is 17.2. The highest BCUT2D eigenvalue weighted by Gasteiger charge is 2.43. The summed E-state index contributed by atoms with van der Waals surface area (Å²) in [7, 11) is 0. The van der Waals surface area contributed by atoms with Crippen LogP contribution in [-0.4, -0.2) is 79.7 Å². The number of nitrogens with zero attached hydrogens (tertiary/aromatic N) is 8. The fourth-order valence-corrected chi connectivity index (χ4v) is 7.15. The second-order valence-corrected chi connectivity index (χ2v) is 13.2. The molecular weight excluding hydrogens is 639 g/mol. The molecule has 2 saturated heterocycles. The van der Waals surface area contributed by atoms with E-state index in [9.17, 15) is 14.3 Å². The van der Waals surface area contributed by atoms with Gasteiger partial charge in [-0.15, -0.1) is 0 Å². The average Bonchev–Trinajstić information content (AvgIpc) is 3.90. The quantitative estimate of drug-likeness (QED) is 0.204. The van der Waals surface area contributed by atoms with Crippen molar-refractivity contribution in [3.63, 3.8) is 0 Å². The van der Waals surface area contributed by atoms with Crippen molar-refractivity contribution < 1.29 is 19.0 Å². The maximum Gasteiger partial charge on any atom is 0.350 e. The number of aliphatic hydroxyl groups excluding tert-OH is 1. The summed E-state index contributed by atoms with van der Waals surface area (Å²) in [5, 5.41) is 18.6. The number of ether oxygens (including phenoxy) is 2. The van der Waals surface area contributed by atoms with Gasteiger partial charge in [0.2, 0.25) is 0 Å². The molecule has 0 radical (unpaired) electrons. The van der Waals surface area contributed by atoms with E-state index >= 15 is 0 Å². The van der Waals surface area contributed by atoms with Crippen LogP contribution in [0.1, 0.15) is 38.3 Å². The fraction of sp³-hybridized carbons (Fsp3) is 0.405. The first-order valence-corrected chi connectivity index (χ1v) is 17.2. The van der Waals surface area contributed by atoms with Crippen molar-refractivity contribution >= 4 is 11.4 Å². The predicted molar refractivity (Wildman–Crippen MR) is 187 cm³/mol. The van der Waals surface area contributed by atoms with Crippen LogP contribution in [0.25, 0.3) is 5.69 Å². The maximum atomic E-state index is 13.7. The molecule has 50 heavy (non-hydrogen) atoms. The van der Waals surface area contributed by atoms with Crippen molar-refractivity contribution in [1.29, 1.82) is 0 Å². The Bertz CT molecular complexity index is 1890. The Morgan fingerprint density at radius 3 is 2.16 bits per heavy atom. The lowest BCUT2D eigenvalue weighted by molar-refractivity contribution is -0.0180. The molecule has 0 spiro atoms. The zero-order chi connectivity index (χ0) is 34.7. The first kappa shape index (κ1) is 33.5. The molecule has 5 aromatic rings. The van der Waals surface area contributed by atoms with Crippen molar-refractivity contribution in [2.24, 2.45) is 5.92 Å². The second kappa shape index (κ2) is 14.5. The summed E-state index contributed by atoms with van der Waals surface area (Å²) in [6.07, 6.45) is 5.36. The van der Waals surface area contributed by atoms with Gasteiger partial charge in [-0.2, -0.15) is 10.2 Å². The van der Waals surface area contributed by atoms with Gasteiger partial charge in [0, 0.05) is 43.5 Å². The van der Waals surface area contributed by atoms with Crippen LogP contribution in [0.2, 0.25) is 0 Å². The Kier molecular flexibility index (Phi) is 9.68. The molecule has 2 fully saturated rings. The molecule has 4 atom stereocenters. The molecule has 0 bridgehead atoms. The highest BCUT2D eigenvalue weighted by Crippen LogP contribution is 2.41. The average molecular weight is 683 g/mol. The van der Waals surface area contributed by atoms with Crippen LogP contribution in [0.15, 0.2) is 96.6 Å². The van der Waals surface area contributed by atoms with Gasteiger partial charge in [-0.05, 0) is 86.0 Å². The third-order valence-electron chi connectivity index (χ3n) is 9.91. The van der Waals surface area contributed by atoms with Gasteiger partial charge >= 0.3 is 5.69 Å². The van der Waals surface area contributed by atoms with E-state index in [1.807, 2.05) is 43.3 Å². The number of aliphatic hydroxyl groups is 1. The molecule has 2 aliphatic rings. The number of halogens is 1. The van der Waals surface area contributed by atoms with Gasteiger partial charge in [-0.3, -0.25) is 0 Å². The Balaban J connectivity index is 0.915. The molecule has 3 aromatic carbocycles. The van der Waals surface area contributed by atoms with Crippen molar-refractivity contribution in [2.45, 2.75) is 51.0 Å². The number of hydrogen-bond donors (Lipinski definition) is 1. The molecule has 4 heterocycles. The summed E-state index contributed by atoms with van der Waals surface area (Å²) in [6.45, 7) is 8.63. The Morgan fingerprint density at radius 2 is 1.56 bits per heavy atom. The lowest BCUT2D eigenvalue weighted by Gasteiger charge is -2.37. The second-order valence-electron chi connectivity index (χ2n) is 13.2. The van der Waals surface area contributed by atoms with E-state index in [1.165, 1.54) is 34.0 Å². The van der Waals surface area contributed by atoms with Gasteiger partial charge < -0.3 is 24.4 Å². The van der Waals surface area contributed by atoms with Crippen LogP contribution < -0.4 is 20.2 Å². The first-order chi connectivity index (χ1) is 24.3. The molecule has 262 valence electrons. The molecule has 2 aliphatic heterocycles. The zero-order valence-electron chi connectivity index (χ0n) is 28.4. The molecule has 0 unspecified atom stereocenters. The number of aromatic nitrogens is 6. The standard InChI is InChI=1S/C37H43FN8O4/c1-3-35(27(2)47)46-36(48)45(26-41-46)33-10-8-31(9-11-33)42-16-18-43(19-17-42)32-12-14-34(15-13-32)49-21-28-20-37(50-22-28,23-44-25-39-24-40-44)29-4-6-30(38)7-5-29/h4-15,24-28,35,47H,3,16-23H2,1-2H3/t27-,28+,35-,37-/m0/s1. The highest BCUT2D eigenvalue weighted by molar-refractivity contribution is 5.54. The minimum absolute atomic E-state index is 0.160. The summed E-state index contributed by atoms with van der Waals surface area (Å²) >= 11 is 0. The number of anilines is 2. The van der Waals surface area contributed by atoms with Gasteiger partial charge in [-0.25, -0.2) is 28.1 Å². The van der Waals surface area contributed by atoms with Crippen LogP contribution in [0.3, 0.4) is 0 Å². The van der Waals surface area contributed by atoms with Gasteiger partial charge in [0.05, 0.1) is 37.6 Å². The third kappa shape index (κ3) is 7.01. The van der Waals surface area contributed by atoms with E-state index in [-0.39, 0.29) is 23.5 Å². The normalized spacial score (nSPS) is 20.6. The summed E-state index contributed by atoms with van der Waals surface area (Å²) < 4.78 is 31.0. The van der Waals surface area contributed by atoms with E-state index in [0.717, 1.165) is 61.0 Å². The van der Waals surface area contributed by atoms with E-state index in [4.69, 9.17) is 9.47 Å².